The number of ether oxygens (including phenoxy) is 2. The van der Waals surface area contributed by atoms with Crippen LogP contribution in [0, 0.1) is 10.8 Å². The second kappa shape index (κ2) is 24.2. The van der Waals surface area contributed by atoms with E-state index < -0.39 is 24.6 Å². The van der Waals surface area contributed by atoms with Crippen molar-refractivity contribution >= 4 is 19.8 Å². The molecule has 0 saturated carbocycles. The van der Waals surface area contributed by atoms with E-state index >= 15 is 0 Å². The highest BCUT2D eigenvalue weighted by molar-refractivity contribution is 7.45. The average Bonchev–Trinajstić information content (AvgIpc) is 2.95. The maximum atomic E-state index is 12.9. The van der Waals surface area contributed by atoms with Crippen LogP contribution in [0.5, 0.6) is 0 Å². The van der Waals surface area contributed by atoms with Crippen LogP contribution in [0.15, 0.2) is 0 Å². The predicted molar refractivity (Wildman–Crippen MR) is 181 cm³/mol. The molecular formula is C35H70NO8P. The number of phosphoric ester groups is 1. The topological polar surface area (TPSA) is 111 Å². The lowest BCUT2D eigenvalue weighted by atomic mass is 9.72. The Balaban J connectivity index is 4.12. The van der Waals surface area contributed by atoms with Crippen LogP contribution in [0.25, 0.3) is 0 Å². The molecule has 0 heterocycles. The molecule has 268 valence electrons. The van der Waals surface area contributed by atoms with Crippen LogP contribution < -0.4 is 4.89 Å². The largest absolute Gasteiger partial charge is 0.756 e. The highest BCUT2D eigenvalue weighted by atomic mass is 31.2. The van der Waals surface area contributed by atoms with E-state index in [1.807, 2.05) is 28.1 Å². The fourth-order valence-electron chi connectivity index (χ4n) is 5.32. The van der Waals surface area contributed by atoms with Gasteiger partial charge >= 0.3 is 11.9 Å². The van der Waals surface area contributed by atoms with E-state index in [0.29, 0.717) is 24.1 Å². The summed E-state index contributed by atoms with van der Waals surface area (Å²) in [5.74, 6) is -0.823. The number of rotatable bonds is 30. The van der Waals surface area contributed by atoms with Crippen LogP contribution in [-0.4, -0.2) is 70.5 Å². The highest BCUT2D eigenvalue weighted by Crippen LogP contribution is 2.40. The van der Waals surface area contributed by atoms with Gasteiger partial charge in [-0.2, -0.15) is 0 Å². The average molecular weight is 664 g/mol. The second-order valence-corrected chi connectivity index (χ2v) is 16.1. The van der Waals surface area contributed by atoms with Crippen LogP contribution in [0.3, 0.4) is 0 Å². The van der Waals surface area contributed by atoms with E-state index in [0.717, 1.165) is 19.3 Å². The fourth-order valence-corrected chi connectivity index (χ4v) is 6.00. The molecule has 9 nitrogen and oxygen atoms in total. The Morgan fingerprint density at radius 3 is 1.49 bits per heavy atom. The van der Waals surface area contributed by atoms with Gasteiger partial charge in [0.05, 0.1) is 45.2 Å². The number of unbranched alkanes of at least 4 members (excludes halogenated alkanes) is 15. The van der Waals surface area contributed by atoms with Crippen LogP contribution >= 0.6 is 7.82 Å². The molecule has 0 aliphatic heterocycles. The molecule has 0 aliphatic carbocycles. The van der Waals surface area contributed by atoms with Crippen molar-refractivity contribution in [3.63, 3.8) is 0 Å². The smallest absolute Gasteiger partial charge is 0.311 e. The van der Waals surface area contributed by atoms with E-state index in [2.05, 4.69) is 6.92 Å². The number of hydrogen-bond donors (Lipinski definition) is 0. The van der Waals surface area contributed by atoms with E-state index in [4.69, 9.17) is 18.5 Å². The van der Waals surface area contributed by atoms with Crippen molar-refractivity contribution in [2.45, 2.75) is 150 Å². The first kappa shape index (κ1) is 44.0. The first-order chi connectivity index (χ1) is 21.1. The summed E-state index contributed by atoms with van der Waals surface area (Å²) in [5.41, 5.74) is -1.81. The van der Waals surface area contributed by atoms with Gasteiger partial charge in [-0.15, -0.1) is 0 Å². The van der Waals surface area contributed by atoms with Crippen LogP contribution in [0.4, 0.5) is 0 Å². The minimum absolute atomic E-state index is 0.00261. The van der Waals surface area contributed by atoms with E-state index in [-0.39, 0.29) is 32.2 Å². The minimum Gasteiger partial charge on any atom is -0.756 e. The van der Waals surface area contributed by atoms with Gasteiger partial charge in [0.15, 0.2) is 0 Å². The molecule has 0 N–H and O–H groups in total. The lowest BCUT2D eigenvalue weighted by Gasteiger charge is -2.33. The van der Waals surface area contributed by atoms with Crippen molar-refractivity contribution in [1.29, 1.82) is 0 Å². The Hall–Kier alpha value is -0.990. The molecule has 0 saturated heterocycles. The summed E-state index contributed by atoms with van der Waals surface area (Å²) in [7, 11) is 1.29. The third kappa shape index (κ3) is 23.9. The standard InChI is InChI=1S/C35H70NO8P/c1-9-11-12-13-14-15-16-17-18-19-20-21-22-23-24-25-27-41-32(37)34(3,4)31-35(5,10-2)33(38)42-29-30-44-45(39,40)43-28-26-36(6,7)8/h9-31H2,1-8H3. The maximum absolute atomic E-state index is 12.9. The van der Waals surface area contributed by atoms with Crippen LogP contribution in [0.2, 0.25) is 0 Å². The molecule has 0 rings (SSSR count). The zero-order valence-electron chi connectivity index (χ0n) is 30.4. The Kier molecular flexibility index (Phi) is 23.7. The number of esters is 2. The number of nitrogens with zero attached hydrogens (tertiary/aromatic N) is 1. The molecule has 0 aliphatic rings. The molecule has 2 unspecified atom stereocenters. The normalized spacial score (nSPS) is 15.0. The molecule has 10 heteroatoms. The SMILES string of the molecule is CCCCCCCCCCCCCCCCCCOC(=O)C(C)(C)CC(C)(CC)C(=O)OCCOP(=O)([O-])OCC[N+](C)(C)C. The third-order valence-corrected chi connectivity index (χ3v) is 9.46. The van der Waals surface area contributed by atoms with Gasteiger partial charge in [0.25, 0.3) is 7.82 Å². The van der Waals surface area contributed by atoms with Gasteiger partial charge in [0.1, 0.15) is 19.8 Å². The van der Waals surface area contributed by atoms with E-state index in [1.54, 1.807) is 20.8 Å². The molecular weight excluding hydrogens is 593 g/mol. The fraction of sp³-hybridized carbons (Fsp3) is 0.943. The Labute approximate surface area is 276 Å². The van der Waals surface area contributed by atoms with Gasteiger partial charge in [-0.25, -0.2) is 0 Å². The Morgan fingerprint density at radius 2 is 1.04 bits per heavy atom. The summed E-state index contributed by atoms with van der Waals surface area (Å²) in [6, 6.07) is 0. The van der Waals surface area contributed by atoms with Crippen molar-refractivity contribution in [1.82, 2.24) is 0 Å². The molecule has 0 bridgehead atoms. The molecule has 2 atom stereocenters. The summed E-state index contributed by atoms with van der Waals surface area (Å²) < 4.78 is 33.1. The van der Waals surface area contributed by atoms with Crippen molar-refractivity contribution < 1.29 is 42.1 Å². The van der Waals surface area contributed by atoms with Gasteiger partial charge in [-0.3, -0.25) is 14.2 Å². The second-order valence-electron chi connectivity index (χ2n) is 14.7. The quantitative estimate of drug-likeness (QED) is 0.0326. The molecule has 0 amide bonds. The zero-order chi connectivity index (χ0) is 34.2. The van der Waals surface area contributed by atoms with Crippen molar-refractivity contribution in [3.05, 3.63) is 0 Å². The minimum atomic E-state index is -4.48. The number of carbonyl (C=O) groups is 2. The lowest BCUT2D eigenvalue weighted by molar-refractivity contribution is -0.870. The number of carbonyl (C=O) groups excluding carboxylic acids is 2. The van der Waals surface area contributed by atoms with Gasteiger partial charge in [0, 0.05) is 0 Å². The van der Waals surface area contributed by atoms with Gasteiger partial charge in [0.2, 0.25) is 0 Å². The van der Waals surface area contributed by atoms with Crippen LogP contribution in [0.1, 0.15) is 150 Å². The summed E-state index contributed by atoms with van der Waals surface area (Å²) in [5, 5.41) is 0. The number of likely N-dealkylation sites (N-methyl/N-ethyl adjacent to an activating group) is 1. The Morgan fingerprint density at radius 1 is 0.622 bits per heavy atom. The zero-order valence-corrected chi connectivity index (χ0v) is 31.3. The number of quaternary nitrogens is 1. The molecule has 0 spiro atoms. The summed E-state index contributed by atoms with van der Waals surface area (Å²) in [6.45, 7) is 9.78. The number of phosphoric acid groups is 1. The molecule has 0 aromatic carbocycles. The highest BCUT2D eigenvalue weighted by Gasteiger charge is 2.43. The van der Waals surface area contributed by atoms with Crippen LogP contribution in [-0.2, 0) is 32.7 Å². The number of hydrogen-bond acceptors (Lipinski definition) is 8. The molecule has 45 heavy (non-hydrogen) atoms. The van der Waals surface area contributed by atoms with Gasteiger partial charge in [-0.1, -0.05) is 110 Å². The molecule has 0 radical (unpaired) electrons. The van der Waals surface area contributed by atoms with Crippen molar-refractivity contribution in [2.75, 3.05) is 54.1 Å². The third-order valence-electron chi connectivity index (χ3n) is 8.47. The first-order valence-electron chi connectivity index (χ1n) is 17.8. The van der Waals surface area contributed by atoms with E-state index in [9.17, 15) is 19.0 Å². The van der Waals surface area contributed by atoms with Crippen molar-refractivity contribution in [3.8, 4) is 0 Å². The van der Waals surface area contributed by atoms with Gasteiger partial charge in [-0.05, 0) is 40.0 Å². The maximum Gasteiger partial charge on any atom is 0.311 e. The Bertz CT molecular complexity index is 829. The van der Waals surface area contributed by atoms with Crippen molar-refractivity contribution in [2.24, 2.45) is 10.8 Å². The molecule has 0 aromatic rings. The summed E-state index contributed by atoms with van der Waals surface area (Å²) in [4.78, 5) is 37.7. The van der Waals surface area contributed by atoms with Gasteiger partial charge < -0.3 is 27.9 Å². The lowest BCUT2D eigenvalue weighted by Crippen LogP contribution is -2.39. The first-order valence-corrected chi connectivity index (χ1v) is 19.3. The summed E-state index contributed by atoms with van der Waals surface area (Å²) >= 11 is 0. The molecule has 0 aromatic heterocycles. The van der Waals surface area contributed by atoms with E-state index in [1.165, 1.54) is 83.5 Å². The summed E-state index contributed by atoms with van der Waals surface area (Å²) in [6.07, 6.45) is 21.4. The monoisotopic (exact) mass is 663 g/mol. The predicted octanol–water partition coefficient (Wildman–Crippen LogP) is 8.37. The molecule has 0 fully saturated rings.